The van der Waals surface area contributed by atoms with Gasteiger partial charge in [-0.15, -0.1) is 11.8 Å². The lowest BCUT2D eigenvalue weighted by atomic mass is 9.83. The third-order valence-electron chi connectivity index (χ3n) is 9.98. The van der Waals surface area contributed by atoms with Crippen molar-refractivity contribution in [3.8, 4) is 0 Å². The molecule has 5 saturated heterocycles. The van der Waals surface area contributed by atoms with Gasteiger partial charge in [-0.3, -0.25) is 30.3 Å². The molecule has 0 radical (unpaired) electrons. The number of hydrogen-bond donors (Lipinski definition) is 6. The maximum absolute atomic E-state index is 13.0. The Kier molecular flexibility index (Phi) is 8.37. The van der Waals surface area contributed by atoms with Crippen molar-refractivity contribution >= 4 is 35.4 Å². The van der Waals surface area contributed by atoms with Crippen LogP contribution in [0, 0.1) is 17.8 Å². The molecule has 7 aliphatic rings. The second-order valence-electron chi connectivity index (χ2n) is 12.5. The molecule has 0 aromatic rings. The Hall–Kier alpha value is -0.900. The Morgan fingerprint density at radius 2 is 1.95 bits per heavy atom. The molecule has 7 rings (SSSR count). The number of ether oxygens (including phenoxy) is 2. The van der Waals surface area contributed by atoms with Crippen molar-refractivity contribution in [1.29, 1.82) is 0 Å². The molecule has 11 atom stereocenters. The van der Waals surface area contributed by atoms with E-state index in [1.807, 2.05) is 11.8 Å². The van der Waals surface area contributed by atoms with Gasteiger partial charge in [0.25, 0.3) is 0 Å². The summed E-state index contributed by atoms with van der Waals surface area (Å²) in [5.74, 6) is 0.759. The Labute approximate surface area is 244 Å². The van der Waals surface area contributed by atoms with Gasteiger partial charge in [-0.1, -0.05) is 18.4 Å². The fraction of sp³-hybridized carbons (Fsp3) is 0.852. The molecule has 0 aromatic heterocycles. The molecule has 8 N–H and O–H groups in total. The zero-order valence-corrected chi connectivity index (χ0v) is 24.7. The first-order valence-electron chi connectivity index (χ1n) is 15.2. The van der Waals surface area contributed by atoms with Gasteiger partial charge in [0.1, 0.15) is 6.10 Å². The highest BCUT2D eigenvalue weighted by molar-refractivity contribution is 8.03. The molecular weight excluding hydrogens is 550 g/mol. The number of ketones is 1. The number of carbonyl (C=O) groups is 2. The number of nitrogens with zero attached hydrogens (tertiary/aromatic N) is 1. The summed E-state index contributed by atoms with van der Waals surface area (Å²) in [5.41, 5.74) is 4.41. The van der Waals surface area contributed by atoms with Crippen LogP contribution in [0.3, 0.4) is 0 Å². The minimum atomic E-state index is -0.356. The molecule has 11 nitrogen and oxygen atoms in total. The lowest BCUT2D eigenvalue weighted by Crippen LogP contribution is -2.73. The molecule has 0 aromatic carbocycles. The molecule has 0 bridgehead atoms. The summed E-state index contributed by atoms with van der Waals surface area (Å²) in [5, 5.41) is 15.9. The van der Waals surface area contributed by atoms with Gasteiger partial charge in [0, 0.05) is 44.1 Å². The Balaban J connectivity index is 0.985. The first-order valence-corrected chi connectivity index (χ1v) is 17.0. The number of fused-ring (bicyclic) bond motifs is 2. The number of quaternary nitrogens is 1. The molecule has 222 valence electrons. The van der Waals surface area contributed by atoms with Crippen LogP contribution < -0.4 is 31.7 Å². The molecule has 9 unspecified atom stereocenters. The van der Waals surface area contributed by atoms with Crippen LogP contribution in [0.25, 0.3) is 0 Å². The highest BCUT2D eigenvalue weighted by atomic mass is 32.2. The van der Waals surface area contributed by atoms with Gasteiger partial charge < -0.3 is 25.4 Å². The third-order valence-corrected chi connectivity index (χ3v) is 12.5. The van der Waals surface area contributed by atoms with Crippen LogP contribution >= 0.6 is 23.7 Å². The molecule has 40 heavy (non-hydrogen) atoms. The monoisotopic (exact) mass is 594 g/mol. The van der Waals surface area contributed by atoms with Crippen molar-refractivity contribution < 1.29 is 24.8 Å². The first kappa shape index (κ1) is 27.9. The van der Waals surface area contributed by atoms with E-state index < -0.39 is 0 Å². The van der Waals surface area contributed by atoms with E-state index in [1.165, 1.54) is 25.7 Å². The summed E-state index contributed by atoms with van der Waals surface area (Å²) in [7, 11) is 0. The van der Waals surface area contributed by atoms with Crippen molar-refractivity contribution in [2.24, 2.45) is 17.8 Å². The van der Waals surface area contributed by atoms with E-state index in [4.69, 9.17) is 9.47 Å². The summed E-state index contributed by atoms with van der Waals surface area (Å²) >= 11 is 3.53. The first-order chi connectivity index (χ1) is 19.5. The fourth-order valence-electron chi connectivity index (χ4n) is 7.74. The molecular formula is C27H44N7O4S2+. The summed E-state index contributed by atoms with van der Waals surface area (Å²) in [6.07, 6.45) is 8.29. The molecule has 13 heteroatoms. The van der Waals surface area contributed by atoms with Crippen molar-refractivity contribution in [2.75, 3.05) is 39.5 Å². The van der Waals surface area contributed by atoms with Crippen molar-refractivity contribution in [1.82, 2.24) is 30.9 Å². The molecule has 6 aliphatic heterocycles. The fourth-order valence-corrected chi connectivity index (χ4v) is 10.4. The normalized spacial score (nSPS) is 45.7. The van der Waals surface area contributed by atoms with Crippen LogP contribution in [-0.4, -0.2) is 103 Å². The number of amides is 1. The quantitative estimate of drug-likeness (QED) is 0.209. The van der Waals surface area contributed by atoms with Gasteiger partial charge in [0.2, 0.25) is 5.91 Å². The van der Waals surface area contributed by atoms with E-state index in [0.717, 1.165) is 37.5 Å². The minimum absolute atomic E-state index is 0.0634. The van der Waals surface area contributed by atoms with Crippen LogP contribution in [0.2, 0.25) is 0 Å². The van der Waals surface area contributed by atoms with E-state index in [2.05, 4.69) is 36.6 Å². The molecule has 6 heterocycles. The third kappa shape index (κ3) is 5.58. The highest BCUT2D eigenvalue weighted by Gasteiger charge is 2.51. The van der Waals surface area contributed by atoms with Crippen LogP contribution in [0.4, 0.5) is 0 Å². The lowest BCUT2D eigenvalue weighted by Gasteiger charge is -2.42. The SMILES string of the molecule is [NH3+][C@@H]1CCCC[C@@H]1NC1CC2CNC(=O)C2C(NC2CC(C3COC4C(=O)C=C(N5CCOCC5)SC43)NS2)N1. The van der Waals surface area contributed by atoms with E-state index in [0.29, 0.717) is 37.8 Å². The number of morpholine rings is 1. The Morgan fingerprint density at radius 1 is 1.10 bits per heavy atom. The predicted octanol–water partition coefficient (Wildman–Crippen LogP) is -1.06. The zero-order chi connectivity index (χ0) is 27.2. The number of nitrogens with one attached hydrogen (secondary N) is 5. The summed E-state index contributed by atoms with van der Waals surface area (Å²) in [6.45, 7) is 4.42. The highest BCUT2D eigenvalue weighted by Crippen LogP contribution is 2.45. The molecule has 1 saturated carbocycles. The van der Waals surface area contributed by atoms with E-state index >= 15 is 0 Å². The number of rotatable bonds is 6. The second kappa shape index (κ2) is 12.0. The van der Waals surface area contributed by atoms with Crippen LogP contribution in [0.5, 0.6) is 0 Å². The molecule has 1 amide bonds. The number of thioether (sulfide) groups is 1. The minimum Gasteiger partial charge on any atom is -0.378 e. The Bertz CT molecular complexity index is 1000. The Morgan fingerprint density at radius 3 is 2.80 bits per heavy atom. The molecule has 0 spiro atoms. The number of piperidine rings is 1. The topological polar surface area (TPSA) is 144 Å². The lowest BCUT2D eigenvalue weighted by molar-refractivity contribution is -0.431. The standard InChI is InChI=1S/C27H43N7O4S2/c28-16-3-1-2-4-17(16)30-20-9-14-12-29-27(36)23(14)26(31-20)32-21-10-18(33-40-21)15-13-38-24-19(35)11-22(39-25(15)24)34-5-7-37-8-6-34/h11,14-18,20-21,23-26,30-33H,1-10,12-13,28H2,(H,29,36)/p+1/t14?,15?,16-,17+,18?,20?,21?,23?,24?,25?,26?/m1/s1. The summed E-state index contributed by atoms with van der Waals surface area (Å²) in [6, 6.07) is 1.11. The van der Waals surface area contributed by atoms with E-state index in [9.17, 15) is 9.59 Å². The average molecular weight is 595 g/mol. The smallest absolute Gasteiger partial charge is 0.226 e. The van der Waals surface area contributed by atoms with Gasteiger partial charge in [0.15, 0.2) is 5.78 Å². The summed E-state index contributed by atoms with van der Waals surface area (Å²) < 4.78 is 15.3. The van der Waals surface area contributed by atoms with Gasteiger partial charge in [0.05, 0.1) is 65.8 Å². The van der Waals surface area contributed by atoms with Gasteiger partial charge >= 0.3 is 0 Å². The maximum atomic E-state index is 13.0. The number of hydrogen-bond acceptors (Lipinski definition) is 11. The van der Waals surface area contributed by atoms with Crippen molar-refractivity contribution in [2.45, 2.75) is 85.7 Å². The van der Waals surface area contributed by atoms with Gasteiger partial charge in [-0.2, -0.15) is 0 Å². The van der Waals surface area contributed by atoms with Crippen LogP contribution in [-0.2, 0) is 19.1 Å². The zero-order valence-electron chi connectivity index (χ0n) is 23.0. The van der Waals surface area contributed by atoms with Crippen molar-refractivity contribution in [3.63, 3.8) is 0 Å². The van der Waals surface area contributed by atoms with Gasteiger partial charge in [-0.05, 0) is 31.6 Å². The van der Waals surface area contributed by atoms with Crippen LogP contribution in [0.1, 0.15) is 38.5 Å². The largest absolute Gasteiger partial charge is 0.378 e. The predicted molar refractivity (Wildman–Crippen MR) is 154 cm³/mol. The van der Waals surface area contributed by atoms with Crippen molar-refractivity contribution in [3.05, 3.63) is 11.1 Å². The molecule has 6 fully saturated rings. The summed E-state index contributed by atoms with van der Waals surface area (Å²) in [4.78, 5) is 28.1. The van der Waals surface area contributed by atoms with Gasteiger partial charge in [-0.25, -0.2) is 0 Å². The average Bonchev–Trinajstić information content (AvgIpc) is 3.69. The second-order valence-corrected chi connectivity index (χ2v) is 14.7. The maximum Gasteiger partial charge on any atom is 0.226 e. The molecule has 1 aliphatic carbocycles. The van der Waals surface area contributed by atoms with Crippen LogP contribution in [0.15, 0.2) is 11.1 Å². The van der Waals surface area contributed by atoms with E-state index in [1.54, 1.807) is 18.0 Å². The number of carbonyl (C=O) groups excluding carboxylic acids is 2. The van der Waals surface area contributed by atoms with E-state index in [-0.39, 0.29) is 58.6 Å².